The predicted octanol–water partition coefficient (Wildman–Crippen LogP) is 16.9. The van der Waals surface area contributed by atoms with Crippen LogP contribution in [0.4, 0.5) is 33.4 Å². The first-order chi connectivity index (χ1) is 33.9. The van der Waals surface area contributed by atoms with Gasteiger partial charge in [0.15, 0.2) is 11.2 Å². The zero-order valence-electron chi connectivity index (χ0n) is 38.6. The van der Waals surface area contributed by atoms with Gasteiger partial charge < -0.3 is 23.5 Å². The van der Waals surface area contributed by atoms with E-state index in [-0.39, 0.29) is 0 Å². The van der Waals surface area contributed by atoms with Crippen LogP contribution in [0.15, 0.2) is 251 Å². The highest BCUT2D eigenvalue weighted by Crippen LogP contribution is 2.37. The Morgan fingerprint density at radius 3 is 1.36 bits per heavy atom. The molecule has 0 atom stereocenters. The van der Waals surface area contributed by atoms with E-state index in [0.29, 0.717) is 11.8 Å². The van der Waals surface area contributed by atoms with Crippen LogP contribution in [0.2, 0.25) is 0 Å². The van der Waals surface area contributed by atoms with E-state index in [1.807, 2.05) is 102 Å². The van der Waals surface area contributed by atoms with Crippen molar-refractivity contribution in [1.82, 2.24) is 9.97 Å². The Kier molecular flexibility index (Phi) is 13.1. The molecule has 336 valence electrons. The number of anilines is 6. The van der Waals surface area contributed by atoms with Gasteiger partial charge in [0, 0.05) is 71.0 Å². The first-order valence-corrected chi connectivity index (χ1v) is 23.6. The molecule has 0 aliphatic carbocycles. The van der Waals surface area contributed by atoms with Crippen molar-refractivity contribution in [1.29, 1.82) is 0 Å². The summed E-state index contributed by atoms with van der Waals surface area (Å²) in [7, 11) is 6.26. The van der Waals surface area contributed by atoms with Crippen molar-refractivity contribution in [2.45, 2.75) is 0 Å². The van der Waals surface area contributed by atoms with Crippen LogP contribution >= 0.6 is 11.3 Å². The van der Waals surface area contributed by atoms with Crippen LogP contribution < -0.4 is 14.7 Å². The Balaban J connectivity index is 0.000000122. The third-order valence-electron chi connectivity index (χ3n) is 12.0. The number of aromatic nitrogens is 2. The molecule has 0 aliphatic rings. The zero-order valence-corrected chi connectivity index (χ0v) is 39.4. The Morgan fingerprint density at radius 1 is 0.348 bits per heavy atom. The summed E-state index contributed by atoms with van der Waals surface area (Å²) < 4.78 is 11.7. The van der Waals surface area contributed by atoms with Crippen molar-refractivity contribution in [2.24, 2.45) is 0 Å². The summed E-state index contributed by atoms with van der Waals surface area (Å²) in [6, 6.07) is 82.6. The highest BCUT2D eigenvalue weighted by Gasteiger charge is 2.13. The molecule has 0 amide bonds. The Morgan fingerprint density at radius 2 is 0.797 bits per heavy atom. The number of thiophene rings is 1. The average Bonchev–Trinajstić information content (AvgIpc) is 4.21. The Labute approximate surface area is 406 Å². The summed E-state index contributed by atoms with van der Waals surface area (Å²) >= 11 is 1.81. The molecule has 0 fully saturated rings. The molecule has 3 heterocycles. The zero-order chi connectivity index (χ0) is 46.9. The molecule has 0 bridgehead atoms. The second kappa shape index (κ2) is 20.4. The second-order valence-corrected chi connectivity index (χ2v) is 17.5. The molecule has 69 heavy (non-hydrogen) atoms. The minimum atomic E-state index is 0.649. The number of nitrogens with zero attached hydrogens (tertiary/aromatic N) is 5. The molecule has 0 N–H and O–H groups in total. The van der Waals surface area contributed by atoms with E-state index in [1.165, 1.54) is 37.6 Å². The van der Waals surface area contributed by atoms with Crippen LogP contribution in [0, 0.1) is 0 Å². The summed E-state index contributed by atoms with van der Waals surface area (Å²) in [5, 5.41) is 3.74. The van der Waals surface area contributed by atoms with Crippen LogP contribution in [0.5, 0.6) is 0 Å². The molecule has 0 saturated heterocycles. The number of fused-ring (bicyclic) bond motifs is 3. The van der Waals surface area contributed by atoms with E-state index in [1.54, 1.807) is 0 Å². The lowest BCUT2D eigenvalue weighted by Crippen LogP contribution is -2.09. The van der Waals surface area contributed by atoms with E-state index in [4.69, 9.17) is 8.83 Å². The molecule has 3 aromatic heterocycles. The SMILES string of the molecule is CN(c1ccc(-c2nc3ccccc3o2)cc1)c1cccc2ccccc12.CN(c1ccccc1)c1ccc(-c2ccccc2)s1.CN(c1ccccc1)c1ccc(-c2nc3ccccc3o2)cc1. The molecule has 0 radical (unpaired) electrons. The smallest absolute Gasteiger partial charge is 0.227 e. The van der Waals surface area contributed by atoms with Gasteiger partial charge in [-0.2, -0.15) is 0 Å². The fourth-order valence-corrected chi connectivity index (χ4v) is 9.13. The van der Waals surface area contributed by atoms with Crippen molar-refractivity contribution in [3.8, 4) is 33.3 Å². The Bertz CT molecular complexity index is 3480. The molecule has 0 aliphatic heterocycles. The molecule has 12 rings (SSSR count). The average molecular weight is 916 g/mol. The number of para-hydroxylation sites is 6. The molecule has 0 spiro atoms. The van der Waals surface area contributed by atoms with Gasteiger partial charge in [-0.1, -0.05) is 127 Å². The van der Waals surface area contributed by atoms with Crippen LogP contribution in [0.25, 0.3) is 66.3 Å². The third-order valence-corrected chi connectivity index (χ3v) is 13.2. The van der Waals surface area contributed by atoms with E-state index < -0.39 is 0 Å². The van der Waals surface area contributed by atoms with Crippen molar-refractivity contribution in [2.75, 3.05) is 35.8 Å². The quantitative estimate of drug-likeness (QED) is 0.143. The van der Waals surface area contributed by atoms with Crippen LogP contribution in [0.1, 0.15) is 0 Å². The molecule has 9 aromatic carbocycles. The third kappa shape index (κ3) is 10.0. The van der Waals surface area contributed by atoms with Crippen molar-refractivity contribution in [3.63, 3.8) is 0 Å². The fraction of sp³-hybridized carbons (Fsp3) is 0.0492. The van der Waals surface area contributed by atoms with Crippen molar-refractivity contribution in [3.05, 3.63) is 243 Å². The predicted molar refractivity (Wildman–Crippen MR) is 290 cm³/mol. The van der Waals surface area contributed by atoms with Crippen LogP contribution in [-0.4, -0.2) is 31.1 Å². The molecular weight excluding hydrogens is 867 g/mol. The van der Waals surface area contributed by atoms with E-state index >= 15 is 0 Å². The highest BCUT2D eigenvalue weighted by molar-refractivity contribution is 7.19. The van der Waals surface area contributed by atoms with Crippen LogP contribution in [-0.2, 0) is 0 Å². The number of hydrogen-bond donors (Lipinski definition) is 0. The summed E-state index contributed by atoms with van der Waals surface area (Å²) in [5.41, 5.74) is 12.4. The first kappa shape index (κ1) is 44.1. The number of rotatable bonds is 9. The fourth-order valence-electron chi connectivity index (χ4n) is 8.13. The van der Waals surface area contributed by atoms with Gasteiger partial charge in [0.2, 0.25) is 11.8 Å². The number of benzene rings is 9. The molecule has 0 saturated carbocycles. The minimum absolute atomic E-state index is 0.649. The van der Waals surface area contributed by atoms with Crippen LogP contribution in [0.3, 0.4) is 0 Å². The summed E-state index contributed by atoms with van der Waals surface area (Å²) in [4.78, 5) is 17.0. The number of oxazole rings is 2. The molecule has 0 unspecified atom stereocenters. The number of hydrogen-bond acceptors (Lipinski definition) is 8. The first-order valence-electron chi connectivity index (χ1n) is 22.8. The van der Waals surface area contributed by atoms with E-state index in [9.17, 15) is 0 Å². The normalized spacial score (nSPS) is 10.8. The summed E-state index contributed by atoms with van der Waals surface area (Å²) in [6.45, 7) is 0. The maximum atomic E-state index is 5.87. The standard InChI is InChI=1S/C24H18N2O.C20H16N2O.C17H15NS/c1-26(22-11-6-8-17-7-2-3-9-20(17)22)19-15-13-18(14-16-19)24-25-21-10-4-5-12-23(21)27-24;1-22(16-7-3-2-4-8-16)17-13-11-15(12-14-17)20-21-18-9-5-6-10-19(18)23-20;1-18(15-10-6-3-7-11-15)17-13-12-16(19-17)14-8-4-2-5-9-14/h2-16H,1H3;2-14H,1H3;2-13H,1H3. The monoisotopic (exact) mass is 915 g/mol. The second-order valence-electron chi connectivity index (χ2n) is 16.4. The molecule has 7 nitrogen and oxygen atoms in total. The van der Waals surface area contributed by atoms with Gasteiger partial charge in [-0.15, -0.1) is 11.3 Å². The molecular formula is C61H49N5O2S. The van der Waals surface area contributed by atoms with Gasteiger partial charge in [-0.05, 0) is 126 Å². The maximum Gasteiger partial charge on any atom is 0.227 e. The van der Waals surface area contributed by atoms with Gasteiger partial charge in [0.05, 0.1) is 5.00 Å². The molecule has 8 heteroatoms. The van der Waals surface area contributed by atoms with Gasteiger partial charge in [-0.25, -0.2) is 9.97 Å². The molecule has 12 aromatic rings. The van der Waals surface area contributed by atoms with Gasteiger partial charge in [0.25, 0.3) is 0 Å². The Hall–Kier alpha value is -8.72. The summed E-state index contributed by atoms with van der Waals surface area (Å²) in [6.07, 6.45) is 0. The maximum absolute atomic E-state index is 5.87. The van der Waals surface area contributed by atoms with E-state index in [0.717, 1.165) is 50.4 Å². The topological polar surface area (TPSA) is 61.8 Å². The largest absolute Gasteiger partial charge is 0.436 e. The highest BCUT2D eigenvalue weighted by atomic mass is 32.1. The lowest BCUT2D eigenvalue weighted by molar-refractivity contribution is 0.619. The summed E-state index contributed by atoms with van der Waals surface area (Å²) in [5.74, 6) is 1.30. The van der Waals surface area contributed by atoms with Gasteiger partial charge in [-0.3, -0.25) is 0 Å². The minimum Gasteiger partial charge on any atom is -0.436 e. The van der Waals surface area contributed by atoms with Gasteiger partial charge in [0.1, 0.15) is 11.0 Å². The lowest BCUT2D eigenvalue weighted by Gasteiger charge is -2.21. The van der Waals surface area contributed by atoms with Gasteiger partial charge >= 0.3 is 0 Å². The van der Waals surface area contributed by atoms with Crippen molar-refractivity contribution >= 4 is 77.7 Å². The lowest BCUT2D eigenvalue weighted by atomic mass is 10.1. The van der Waals surface area contributed by atoms with Crippen molar-refractivity contribution < 1.29 is 8.83 Å². The van der Waals surface area contributed by atoms with E-state index in [2.05, 4.69) is 197 Å².